The number of rotatable bonds is 3. The summed E-state index contributed by atoms with van der Waals surface area (Å²) in [6.45, 7) is 0. The van der Waals surface area contributed by atoms with Crippen LogP contribution in [0.5, 0.6) is 0 Å². The van der Waals surface area contributed by atoms with Gasteiger partial charge in [-0.25, -0.2) is 9.59 Å². The van der Waals surface area contributed by atoms with E-state index in [1.54, 1.807) is 70.7 Å². The summed E-state index contributed by atoms with van der Waals surface area (Å²) in [6.07, 6.45) is 1.75. The molecule has 73 heavy (non-hydrogen) atoms. The Morgan fingerprint density at radius 1 is 0.301 bits per heavy atom. The van der Waals surface area contributed by atoms with Crippen molar-refractivity contribution in [2.24, 2.45) is 5.16 Å². The number of oxime groups is 1. The molecule has 5 aliphatic rings. The van der Waals surface area contributed by atoms with Gasteiger partial charge in [0.25, 0.3) is 0 Å². The Morgan fingerprint density at radius 3 is 0.671 bits per heavy atom. The van der Waals surface area contributed by atoms with Gasteiger partial charge in [0.1, 0.15) is 16.7 Å². The number of allylic oxidation sites excluding steroid dienone is 1. The highest BCUT2D eigenvalue weighted by molar-refractivity contribution is 6.82. The van der Waals surface area contributed by atoms with Gasteiger partial charge in [-0.3, -0.25) is 0 Å². The van der Waals surface area contributed by atoms with Crippen LogP contribution in [-0.4, -0.2) is 31.9 Å². The number of hydrogen-bond donors (Lipinski definition) is 0. The summed E-state index contributed by atoms with van der Waals surface area (Å²) < 4.78 is 10.9. The van der Waals surface area contributed by atoms with Gasteiger partial charge in [-0.15, -0.1) is 0 Å². The molecule has 28 aromatic rings. The average molecular weight is 906 g/mol. The fourth-order valence-electron chi connectivity index (χ4n) is 24.7. The first-order valence-corrected chi connectivity index (χ1v) is 26.1. The standard InChI is InChI=1S/C67H7NO5/c1-71-64(69)4(65(70)72-2)3-5-66-60-52-44-34-24-16-8-6-7-10-14-12(8)20-28-22(14)32-26-18(10)19-11(7)15-13-9(6)17(16)25-31-21(13)29-23(15)33-27(19)37-36(26)48-42(32)50-40(28)46(38(44)30(20)24)54(60)56(50)62-58(48)59-49(37)43(33)51-41(29)47-39(31)45(35(25)34)53(52)61(66)55(47)57(51)63(59)67(62,66)73-68-5/h3H,1-2H3. The Labute approximate surface area is 394 Å². The van der Waals surface area contributed by atoms with Gasteiger partial charge in [0, 0.05) is 11.1 Å². The largest absolute Gasteiger partial charge is 0.465 e. The van der Waals surface area contributed by atoms with Crippen molar-refractivity contribution >= 4 is 309 Å². The Kier molecular flexibility index (Phi) is 2.42. The Morgan fingerprint density at radius 2 is 0.479 bits per heavy atom. The Hall–Kier alpha value is -9.39. The number of hydrogen-bond acceptors (Lipinski definition) is 6. The molecule has 1 heterocycles. The molecule has 310 valence electrons. The first-order chi connectivity index (χ1) is 36.2. The molecule has 0 bridgehead atoms. The molecule has 28 aromatic carbocycles. The minimum atomic E-state index is -1.12. The van der Waals surface area contributed by atoms with Crippen molar-refractivity contribution in [3.05, 3.63) is 33.9 Å². The second-order valence-corrected chi connectivity index (χ2v) is 25.3. The number of methoxy groups -OCH3 is 2. The van der Waals surface area contributed by atoms with Crippen molar-refractivity contribution in [2.45, 2.75) is 11.0 Å². The third-order valence-corrected chi connectivity index (χ3v) is 25.0. The number of carbonyl (C=O) groups is 2. The van der Waals surface area contributed by atoms with E-state index in [4.69, 9.17) is 19.5 Å². The van der Waals surface area contributed by atoms with Crippen LogP contribution in [0.15, 0.2) is 16.8 Å². The molecule has 0 amide bonds. The molecule has 33 rings (SSSR count). The summed E-state index contributed by atoms with van der Waals surface area (Å²) in [5.41, 5.74) is 3.43. The van der Waals surface area contributed by atoms with Gasteiger partial charge in [0.15, 0.2) is 0 Å². The van der Waals surface area contributed by atoms with Crippen molar-refractivity contribution in [1.82, 2.24) is 0 Å². The molecule has 1 aliphatic heterocycles. The van der Waals surface area contributed by atoms with Crippen LogP contribution in [0.3, 0.4) is 0 Å². The lowest BCUT2D eigenvalue weighted by molar-refractivity contribution is -0.144. The maximum Gasteiger partial charge on any atom is 0.345 e. The van der Waals surface area contributed by atoms with Crippen molar-refractivity contribution < 1.29 is 23.9 Å². The quantitative estimate of drug-likeness (QED) is 0.0580. The van der Waals surface area contributed by atoms with E-state index in [0.717, 1.165) is 0 Å². The van der Waals surface area contributed by atoms with Crippen LogP contribution in [0.25, 0.3) is 291 Å². The zero-order valence-corrected chi connectivity index (χ0v) is 37.1. The van der Waals surface area contributed by atoms with Crippen LogP contribution in [0.1, 0.15) is 22.3 Å². The van der Waals surface area contributed by atoms with Crippen molar-refractivity contribution in [3.8, 4) is 0 Å². The molecule has 6 heteroatoms. The second kappa shape index (κ2) is 6.34. The third-order valence-electron chi connectivity index (χ3n) is 25.0. The highest BCUT2D eigenvalue weighted by Gasteiger charge is 2.76. The number of carbonyl (C=O) groups excluding carboxylic acids is 2. The molecule has 0 saturated heterocycles. The number of nitrogens with zero attached hydrogens (tertiary/aromatic N) is 1. The van der Waals surface area contributed by atoms with E-state index in [-0.39, 0.29) is 5.57 Å². The van der Waals surface area contributed by atoms with Crippen LogP contribution in [-0.2, 0) is 34.9 Å². The maximum atomic E-state index is 14.2. The lowest BCUT2D eigenvalue weighted by Gasteiger charge is -2.47. The third kappa shape index (κ3) is 1.50. The number of esters is 2. The molecule has 0 N–H and O–H groups in total. The zero-order valence-electron chi connectivity index (χ0n) is 37.1. The molecule has 0 aromatic heterocycles. The van der Waals surface area contributed by atoms with Crippen molar-refractivity contribution in [3.63, 3.8) is 0 Å². The van der Waals surface area contributed by atoms with Crippen LogP contribution >= 0.6 is 0 Å². The predicted octanol–water partition coefficient (Wildman–Crippen LogP) is 15.9. The van der Waals surface area contributed by atoms with Gasteiger partial charge in [-0.05, 0) is 308 Å². The molecule has 2 spiro atoms. The minimum absolute atomic E-state index is 0.165. The second-order valence-electron chi connectivity index (χ2n) is 25.3. The lowest BCUT2D eigenvalue weighted by Crippen LogP contribution is -2.53. The highest BCUT2D eigenvalue weighted by atomic mass is 16.7. The van der Waals surface area contributed by atoms with Crippen molar-refractivity contribution in [1.29, 1.82) is 0 Å². The number of ether oxygens (including phenoxy) is 2. The maximum absolute atomic E-state index is 14.2. The van der Waals surface area contributed by atoms with Crippen LogP contribution in [0.4, 0.5) is 0 Å². The van der Waals surface area contributed by atoms with E-state index in [9.17, 15) is 9.59 Å². The minimum Gasteiger partial charge on any atom is -0.465 e. The fourth-order valence-corrected chi connectivity index (χ4v) is 24.7. The highest BCUT2D eigenvalue weighted by Crippen LogP contribution is 2.85. The summed E-state index contributed by atoms with van der Waals surface area (Å²) in [4.78, 5) is 36.3. The molecule has 6 nitrogen and oxygen atoms in total. The van der Waals surface area contributed by atoms with Crippen LogP contribution in [0, 0.1) is 0 Å². The lowest BCUT2D eigenvalue weighted by atomic mass is 9.53. The summed E-state index contributed by atoms with van der Waals surface area (Å²) in [6, 6.07) is 0. The smallest absolute Gasteiger partial charge is 0.345 e. The molecule has 0 saturated carbocycles. The van der Waals surface area contributed by atoms with E-state index in [0.29, 0.717) is 5.71 Å². The van der Waals surface area contributed by atoms with Crippen molar-refractivity contribution in [2.75, 3.05) is 14.2 Å². The van der Waals surface area contributed by atoms with Gasteiger partial charge in [0.05, 0.1) is 14.2 Å². The molecule has 0 atom stereocenters. The Balaban J connectivity index is 1.14. The van der Waals surface area contributed by atoms with Gasteiger partial charge in [0.2, 0.25) is 5.60 Å². The Bertz CT molecular complexity index is 7290. The summed E-state index contributed by atoms with van der Waals surface area (Å²) >= 11 is 0. The van der Waals surface area contributed by atoms with E-state index >= 15 is 0 Å². The average Bonchev–Trinajstić information content (AvgIpc) is 4.43. The molecule has 4 aliphatic carbocycles. The monoisotopic (exact) mass is 905 g/mol. The topological polar surface area (TPSA) is 74.2 Å². The van der Waals surface area contributed by atoms with E-state index in [2.05, 4.69) is 0 Å². The molecular weight excluding hydrogens is 899 g/mol. The van der Waals surface area contributed by atoms with E-state index in [1.807, 2.05) is 0 Å². The molecule has 0 unspecified atom stereocenters. The first kappa shape index (κ1) is 27.9. The van der Waals surface area contributed by atoms with Gasteiger partial charge < -0.3 is 14.3 Å². The number of benzene rings is 18. The van der Waals surface area contributed by atoms with Gasteiger partial charge in [-0.2, -0.15) is 0 Å². The predicted molar refractivity (Wildman–Crippen MR) is 295 cm³/mol. The summed E-state index contributed by atoms with van der Waals surface area (Å²) in [5, 5.41) is 85.7. The SMILES string of the molecule is COC(=O)C(=CC1=NOC23c4c5c6c7c8c9c(c%10c%11c2c2c4c4c%12c5c5c6c6c8c8c%13c9c9c%10c%10c%11c%11c2c2c4c4c%12c%12c5c5c6c8c6c8c%13c9c9c%10c%10c%11c2c2c4c4c%12c5c6c5c8c9c%10c2c45)C173)C(=O)OC. The van der Waals surface area contributed by atoms with Crippen LogP contribution in [0.2, 0.25) is 0 Å². The zero-order chi connectivity index (χ0) is 44.3. The first-order valence-electron chi connectivity index (χ1n) is 26.1. The van der Waals surface area contributed by atoms with Crippen LogP contribution < -0.4 is 0 Å². The van der Waals surface area contributed by atoms with Gasteiger partial charge in [-0.1, -0.05) is 5.16 Å². The summed E-state index contributed by atoms with van der Waals surface area (Å²) in [7, 11) is 2.69. The molecular formula is C67H7NO5. The van der Waals surface area contributed by atoms with E-state index in [1.165, 1.54) is 263 Å². The molecule has 0 radical (unpaired) electrons. The summed E-state index contributed by atoms with van der Waals surface area (Å²) in [5.74, 6) is -1.47. The van der Waals surface area contributed by atoms with E-state index < -0.39 is 23.0 Å². The normalized spacial score (nSPS) is 21.7. The fraction of sp³-hybridized carbons (Fsp3) is 0.0597. The molecule has 0 fully saturated rings. The van der Waals surface area contributed by atoms with Gasteiger partial charge >= 0.3 is 11.9 Å².